The van der Waals surface area contributed by atoms with E-state index in [0.717, 1.165) is 11.1 Å². The average molecular weight is 490 g/mol. The Balaban J connectivity index is 1.55. The normalized spacial score (nSPS) is 12.9. The van der Waals surface area contributed by atoms with Crippen LogP contribution >= 0.6 is 23.1 Å². The Kier molecular flexibility index (Phi) is 7.82. The first-order chi connectivity index (χ1) is 15.4. The molecule has 1 N–H and O–H groups in total. The van der Waals surface area contributed by atoms with Crippen LogP contribution in [0.5, 0.6) is 5.75 Å². The molecule has 0 amide bonds. The topological polar surface area (TPSA) is 68.7 Å². The Morgan fingerprint density at radius 3 is 2.21 bits per heavy atom. The van der Waals surface area contributed by atoms with Crippen LogP contribution in [0.1, 0.15) is 46.4 Å². The fourth-order valence-corrected chi connectivity index (χ4v) is 5.04. The largest absolute Gasteiger partial charge is 0.490 e. The summed E-state index contributed by atoms with van der Waals surface area (Å²) in [6, 6.07) is 13.6. The molecule has 0 radical (unpaired) electrons. The van der Waals surface area contributed by atoms with Crippen LogP contribution in [0, 0.1) is 5.82 Å². The highest BCUT2D eigenvalue weighted by Gasteiger charge is 2.35. The smallest absolute Gasteiger partial charge is 0.322 e. The molecule has 33 heavy (non-hydrogen) atoms. The molecule has 1 unspecified atom stereocenters. The summed E-state index contributed by atoms with van der Waals surface area (Å²) < 4.78 is 24.1. The van der Waals surface area contributed by atoms with E-state index in [1.165, 1.54) is 35.2 Å². The molecule has 1 atom stereocenters. The zero-order chi connectivity index (χ0) is 24.2. The van der Waals surface area contributed by atoms with Crippen molar-refractivity contribution >= 4 is 29.1 Å². The van der Waals surface area contributed by atoms with Gasteiger partial charge < -0.3 is 14.6 Å². The van der Waals surface area contributed by atoms with E-state index in [2.05, 4.69) is 4.98 Å². The second kappa shape index (κ2) is 10.2. The van der Waals surface area contributed by atoms with E-state index in [9.17, 15) is 14.3 Å². The SMILES string of the molecule is CC(C)(C)OC(=O)C(C)(C)Sc1nc(C(O)COc2ccc(-c3ccc(F)cc3)cc2)cs1. The van der Waals surface area contributed by atoms with E-state index < -0.39 is 16.5 Å². The quantitative estimate of drug-likeness (QED) is 0.297. The van der Waals surface area contributed by atoms with Crippen LogP contribution in [0.3, 0.4) is 0 Å². The van der Waals surface area contributed by atoms with E-state index in [1.807, 2.05) is 32.9 Å². The molecule has 1 aromatic heterocycles. The lowest BCUT2D eigenvalue weighted by Crippen LogP contribution is -2.36. The van der Waals surface area contributed by atoms with Gasteiger partial charge in [0, 0.05) is 5.38 Å². The van der Waals surface area contributed by atoms with Crippen LogP contribution in [-0.4, -0.2) is 33.0 Å². The molecule has 176 valence electrons. The number of hydrogen-bond acceptors (Lipinski definition) is 7. The summed E-state index contributed by atoms with van der Waals surface area (Å²) in [5.74, 6) is 0.0187. The molecular weight excluding hydrogens is 461 g/mol. The molecule has 0 bridgehead atoms. The van der Waals surface area contributed by atoms with Crippen molar-refractivity contribution in [3.8, 4) is 16.9 Å². The van der Waals surface area contributed by atoms with Crippen molar-refractivity contribution in [1.29, 1.82) is 0 Å². The fourth-order valence-electron chi connectivity index (χ4n) is 2.78. The Morgan fingerprint density at radius 1 is 1.06 bits per heavy atom. The lowest BCUT2D eigenvalue weighted by Gasteiger charge is -2.27. The number of thiazole rings is 1. The van der Waals surface area contributed by atoms with E-state index in [0.29, 0.717) is 15.8 Å². The molecule has 0 aliphatic rings. The minimum absolute atomic E-state index is 0.0409. The van der Waals surface area contributed by atoms with Crippen LogP contribution in [0.2, 0.25) is 0 Å². The number of benzene rings is 2. The molecule has 0 saturated carbocycles. The lowest BCUT2D eigenvalue weighted by molar-refractivity contribution is -0.156. The van der Waals surface area contributed by atoms with Gasteiger partial charge in [-0.05, 0) is 70.0 Å². The predicted molar refractivity (Wildman–Crippen MR) is 130 cm³/mol. The molecule has 1 heterocycles. The molecule has 2 aromatic carbocycles. The average Bonchev–Trinajstić information content (AvgIpc) is 3.19. The highest BCUT2D eigenvalue weighted by Crippen LogP contribution is 2.37. The number of esters is 1. The zero-order valence-electron chi connectivity index (χ0n) is 19.3. The molecule has 3 rings (SSSR count). The number of rotatable bonds is 8. The Labute approximate surface area is 202 Å². The zero-order valence-corrected chi connectivity index (χ0v) is 20.9. The maximum Gasteiger partial charge on any atom is 0.322 e. The number of thioether (sulfide) groups is 1. The van der Waals surface area contributed by atoms with Crippen molar-refractivity contribution in [3.63, 3.8) is 0 Å². The van der Waals surface area contributed by atoms with Gasteiger partial charge in [-0.2, -0.15) is 0 Å². The first-order valence-electron chi connectivity index (χ1n) is 10.5. The summed E-state index contributed by atoms with van der Waals surface area (Å²) in [7, 11) is 0. The van der Waals surface area contributed by atoms with E-state index >= 15 is 0 Å². The fraction of sp³-hybridized carbons (Fsp3) is 0.360. The number of aliphatic hydroxyl groups excluding tert-OH is 1. The first kappa shape index (κ1) is 25.2. The third-order valence-electron chi connectivity index (χ3n) is 4.51. The summed E-state index contributed by atoms with van der Waals surface area (Å²) in [6.45, 7) is 9.13. The van der Waals surface area contributed by atoms with Crippen molar-refractivity contribution < 1.29 is 23.8 Å². The Morgan fingerprint density at radius 2 is 1.64 bits per heavy atom. The molecule has 5 nitrogen and oxygen atoms in total. The van der Waals surface area contributed by atoms with E-state index in [4.69, 9.17) is 9.47 Å². The number of ether oxygens (including phenoxy) is 2. The van der Waals surface area contributed by atoms with Gasteiger partial charge in [0.05, 0.1) is 5.69 Å². The second-order valence-corrected chi connectivity index (χ2v) is 11.7. The number of carbonyl (C=O) groups excluding carboxylic acids is 1. The number of aliphatic hydroxyl groups is 1. The van der Waals surface area contributed by atoms with E-state index in [1.54, 1.807) is 43.5 Å². The van der Waals surface area contributed by atoms with Gasteiger partial charge in [0.15, 0.2) is 4.34 Å². The number of halogens is 1. The highest BCUT2D eigenvalue weighted by molar-refractivity contribution is 8.03. The summed E-state index contributed by atoms with van der Waals surface area (Å²) in [4.78, 5) is 16.9. The maximum absolute atomic E-state index is 13.1. The van der Waals surface area contributed by atoms with Gasteiger partial charge in [-0.15, -0.1) is 11.3 Å². The second-order valence-electron chi connectivity index (χ2n) is 9.01. The van der Waals surface area contributed by atoms with E-state index in [-0.39, 0.29) is 18.4 Å². The molecular formula is C25H28FNO4S2. The van der Waals surface area contributed by atoms with Crippen LogP contribution in [0.4, 0.5) is 4.39 Å². The van der Waals surface area contributed by atoms with Gasteiger partial charge in [0.25, 0.3) is 0 Å². The summed E-state index contributed by atoms with van der Waals surface area (Å²) in [5, 5.41) is 12.3. The predicted octanol–water partition coefficient (Wildman–Crippen LogP) is 6.27. The van der Waals surface area contributed by atoms with Crippen LogP contribution in [0.15, 0.2) is 58.3 Å². The van der Waals surface area contributed by atoms with Crippen molar-refractivity contribution in [1.82, 2.24) is 4.98 Å². The molecule has 8 heteroatoms. The standard InChI is InChI=1S/C25H28FNO4S2/c1-24(2,3)31-22(29)25(4,5)33-23-27-20(15-32-23)21(28)14-30-19-12-8-17(9-13-19)16-6-10-18(26)11-7-16/h6-13,15,21,28H,14H2,1-5H3. The monoisotopic (exact) mass is 489 g/mol. The maximum atomic E-state index is 13.1. The Bertz CT molecular complexity index is 1070. The minimum atomic E-state index is -0.906. The minimum Gasteiger partial charge on any atom is -0.490 e. The van der Waals surface area contributed by atoms with Gasteiger partial charge in [-0.3, -0.25) is 4.79 Å². The van der Waals surface area contributed by atoms with Crippen molar-refractivity contribution in [3.05, 3.63) is 65.4 Å². The first-order valence-corrected chi connectivity index (χ1v) is 12.2. The number of carbonyl (C=O) groups is 1. The summed E-state index contributed by atoms with van der Waals surface area (Å²) >= 11 is 2.67. The third-order valence-corrected chi connectivity index (χ3v) is 6.65. The lowest BCUT2D eigenvalue weighted by atomic mass is 10.1. The van der Waals surface area contributed by atoms with Crippen molar-refractivity contribution in [2.45, 2.75) is 55.4 Å². The van der Waals surface area contributed by atoms with Gasteiger partial charge >= 0.3 is 5.97 Å². The number of aromatic nitrogens is 1. The Hall–Kier alpha value is -2.42. The van der Waals surface area contributed by atoms with Crippen LogP contribution < -0.4 is 4.74 Å². The summed E-state index contributed by atoms with van der Waals surface area (Å²) in [5.41, 5.74) is 1.78. The highest BCUT2D eigenvalue weighted by atomic mass is 32.2. The number of hydrogen-bond donors (Lipinski definition) is 1. The molecule has 0 fully saturated rings. The molecule has 0 aliphatic carbocycles. The van der Waals surface area contributed by atoms with Gasteiger partial charge in [-0.25, -0.2) is 9.37 Å². The molecule has 3 aromatic rings. The van der Waals surface area contributed by atoms with Crippen LogP contribution in [-0.2, 0) is 9.53 Å². The van der Waals surface area contributed by atoms with Gasteiger partial charge in [0.1, 0.15) is 34.6 Å². The summed E-state index contributed by atoms with van der Waals surface area (Å²) in [6.07, 6.45) is -0.906. The van der Waals surface area contributed by atoms with Crippen LogP contribution in [0.25, 0.3) is 11.1 Å². The number of nitrogens with zero attached hydrogens (tertiary/aromatic N) is 1. The third kappa shape index (κ3) is 7.28. The molecule has 0 aliphatic heterocycles. The molecule has 0 spiro atoms. The van der Waals surface area contributed by atoms with Gasteiger partial charge in [0.2, 0.25) is 0 Å². The van der Waals surface area contributed by atoms with Crippen molar-refractivity contribution in [2.24, 2.45) is 0 Å². The van der Waals surface area contributed by atoms with Crippen molar-refractivity contribution in [2.75, 3.05) is 6.61 Å². The molecule has 0 saturated heterocycles. The van der Waals surface area contributed by atoms with Gasteiger partial charge in [-0.1, -0.05) is 36.0 Å².